The van der Waals surface area contributed by atoms with E-state index in [-0.39, 0.29) is 18.6 Å². The number of carbonyl (C=O) groups is 1. The maximum atomic E-state index is 14.1. The van der Waals surface area contributed by atoms with Gasteiger partial charge >= 0.3 is 6.03 Å². The molecule has 0 saturated heterocycles. The molecule has 0 spiro atoms. The second kappa shape index (κ2) is 6.43. The predicted molar refractivity (Wildman–Crippen MR) is 89.3 cm³/mol. The summed E-state index contributed by atoms with van der Waals surface area (Å²) >= 11 is 0. The zero-order valence-electron chi connectivity index (χ0n) is 13.5. The molecule has 0 unspecified atom stereocenters. The molecule has 0 radical (unpaired) electrons. The van der Waals surface area contributed by atoms with Crippen molar-refractivity contribution in [3.8, 4) is 0 Å². The maximum absolute atomic E-state index is 14.1. The second-order valence-corrected chi connectivity index (χ2v) is 5.98. The van der Waals surface area contributed by atoms with Crippen molar-refractivity contribution in [3.05, 3.63) is 77.4 Å². The van der Waals surface area contributed by atoms with Gasteiger partial charge < -0.3 is 9.80 Å². The van der Waals surface area contributed by atoms with Gasteiger partial charge in [0.2, 0.25) is 0 Å². The largest absolute Gasteiger partial charge is 0.331 e. The Hall–Kier alpha value is -2.69. The van der Waals surface area contributed by atoms with Crippen molar-refractivity contribution in [3.63, 3.8) is 0 Å². The average Bonchev–Trinajstić information content (AvgIpc) is 2.99. The van der Waals surface area contributed by atoms with Crippen molar-refractivity contribution in [1.29, 1.82) is 0 Å². The highest BCUT2D eigenvalue weighted by atomic mass is 19.1. The highest BCUT2D eigenvalue weighted by Gasteiger charge is 2.32. The minimum absolute atomic E-state index is 0.155. The maximum Gasteiger partial charge on any atom is 0.320 e. The molecule has 1 aliphatic rings. The van der Waals surface area contributed by atoms with Crippen LogP contribution in [0.4, 0.5) is 13.6 Å². The van der Waals surface area contributed by atoms with E-state index in [4.69, 9.17) is 0 Å². The first-order chi connectivity index (χ1) is 11.5. The Morgan fingerprint density at radius 3 is 2.46 bits per heavy atom. The van der Waals surface area contributed by atoms with E-state index in [2.05, 4.69) is 0 Å². The van der Waals surface area contributed by atoms with E-state index in [9.17, 15) is 13.6 Å². The van der Waals surface area contributed by atoms with Gasteiger partial charge in [-0.1, -0.05) is 36.4 Å². The van der Waals surface area contributed by atoms with Gasteiger partial charge in [0.25, 0.3) is 0 Å². The minimum Gasteiger partial charge on any atom is -0.331 e. The Bertz CT molecular complexity index is 787. The van der Waals surface area contributed by atoms with Crippen LogP contribution in [0.25, 0.3) is 5.57 Å². The number of hydrogen-bond acceptors (Lipinski definition) is 1. The molecule has 0 bridgehead atoms. The highest BCUT2D eigenvalue weighted by molar-refractivity contribution is 5.81. The van der Waals surface area contributed by atoms with Gasteiger partial charge in [0, 0.05) is 32.3 Å². The molecule has 3 rings (SSSR count). The van der Waals surface area contributed by atoms with E-state index < -0.39 is 11.6 Å². The molecule has 124 valence electrons. The van der Waals surface area contributed by atoms with Crippen LogP contribution in [0, 0.1) is 11.6 Å². The molecule has 2 aromatic carbocycles. The summed E-state index contributed by atoms with van der Waals surface area (Å²) in [5.41, 5.74) is 1.95. The minimum atomic E-state index is -0.618. The van der Waals surface area contributed by atoms with Gasteiger partial charge in [0.05, 0.1) is 6.04 Å². The number of halogens is 2. The zero-order chi connectivity index (χ0) is 17.3. The standard InChI is InChI=1S/C19H18F2N2O/c1-22(2)19(24)23-12-14(16-9-8-15(20)11-17(16)21)10-18(23)13-6-4-3-5-7-13/h3-11,18H,12H2,1-2H3/t18-/m0/s1. The third-order valence-electron chi connectivity index (χ3n) is 4.08. The molecule has 3 nitrogen and oxygen atoms in total. The predicted octanol–water partition coefficient (Wildman–Crippen LogP) is 4.09. The first kappa shape index (κ1) is 16.2. The fourth-order valence-corrected chi connectivity index (χ4v) is 2.91. The lowest BCUT2D eigenvalue weighted by Gasteiger charge is -2.28. The molecule has 2 amide bonds. The smallest absolute Gasteiger partial charge is 0.320 e. The lowest BCUT2D eigenvalue weighted by molar-refractivity contribution is 0.170. The van der Waals surface area contributed by atoms with E-state index in [1.807, 2.05) is 36.4 Å². The van der Waals surface area contributed by atoms with Crippen LogP contribution in [0.15, 0.2) is 54.6 Å². The molecule has 0 fully saturated rings. The normalized spacial score (nSPS) is 16.9. The second-order valence-electron chi connectivity index (χ2n) is 5.98. The average molecular weight is 328 g/mol. The number of carbonyl (C=O) groups excluding carboxylic acids is 1. The van der Waals surface area contributed by atoms with Crippen molar-refractivity contribution >= 4 is 11.6 Å². The van der Waals surface area contributed by atoms with Gasteiger partial charge in [-0.25, -0.2) is 13.6 Å². The fourth-order valence-electron chi connectivity index (χ4n) is 2.91. The van der Waals surface area contributed by atoms with Crippen LogP contribution in [0.5, 0.6) is 0 Å². The number of hydrogen-bond donors (Lipinski definition) is 0. The van der Waals surface area contributed by atoms with Crippen molar-refractivity contribution in [1.82, 2.24) is 9.80 Å². The van der Waals surface area contributed by atoms with Gasteiger partial charge in [-0.05, 0) is 23.3 Å². The third-order valence-corrected chi connectivity index (χ3v) is 4.08. The van der Waals surface area contributed by atoms with Crippen LogP contribution in [0.2, 0.25) is 0 Å². The summed E-state index contributed by atoms with van der Waals surface area (Å²) < 4.78 is 27.3. The summed E-state index contributed by atoms with van der Waals surface area (Å²) in [5.74, 6) is -1.23. The van der Waals surface area contributed by atoms with E-state index in [0.717, 1.165) is 11.6 Å². The first-order valence-electron chi connectivity index (χ1n) is 7.66. The monoisotopic (exact) mass is 328 g/mol. The van der Waals surface area contributed by atoms with E-state index >= 15 is 0 Å². The number of nitrogens with zero attached hydrogens (tertiary/aromatic N) is 2. The highest BCUT2D eigenvalue weighted by Crippen LogP contribution is 2.35. The SMILES string of the molecule is CN(C)C(=O)N1CC(c2ccc(F)cc2F)=C[C@H]1c1ccccc1. The summed E-state index contributed by atoms with van der Waals surface area (Å²) in [5, 5.41) is 0. The molecule has 1 atom stereocenters. The Labute approximate surface area is 139 Å². The quantitative estimate of drug-likeness (QED) is 0.814. The molecule has 0 N–H and O–H groups in total. The van der Waals surface area contributed by atoms with Gasteiger partial charge in [-0.15, -0.1) is 0 Å². The molecular weight excluding hydrogens is 310 g/mol. The Balaban J connectivity index is 2.01. The summed E-state index contributed by atoms with van der Waals surface area (Å²) in [6.07, 6.45) is 1.87. The summed E-state index contributed by atoms with van der Waals surface area (Å²) in [6.45, 7) is 0.277. The van der Waals surface area contributed by atoms with Crippen LogP contribution in [-0.2, 0) is 0 Å². The number of amides is 2. The van der Waals surface area contributed by atoms with Crippen LogP contribution in [-0.4, -0.2) is 36.5 Å². The molecule has 1 heterocycles. The molecule has 0 aliphatic carbocycles. The molecule has 2 aromatic rings. The fraction of sp³-hybridized carbons (Fsp3) is 0.211. The van der Waals surface area contributed by atoms with Crippen molar-refractivity contribution in [2.75, 3.05) is 20.6 Å². The van der Waals surface area contributed by atoms with Crippen LogP contribution < -0.4 is 0 Å². The summed E-state index contributed by atoms with van der Waals surface area (Å²) in [7, 11) is 3.36. The Morgan fingerprint density at radius 2 is 1.83 bits per heavy atom. The molecular formula is C19H18F2N2O. The van der Waals surface area contributed by atoms with E-state index in [0.29, 0.717) is 11.1 Å². The van der Waals surface area contributed by atoms with Crippen molar-refractivity contribution in [2.45, 2.75) is 6.04 Å². The molecule has 5 heteroatoms. The zero-order valence-corrected chi connectivity index (χ0v) is 13.5. The first-order valence-corrected chi connectivity index (χ1v) is 7.66. The van der Waals surface area contributed by atoms with Gasteiger partial charge in [0.15, 0.2) is 0 Å². The van der Waals surface area contributed by atoms with Crippen molar-refractivity contribution < 1.29 is 13.6 Å². The van der Waals surface area contributed by atoms with Crippen LogP contribution in [0.1, 0.15) is 17.2 Å². The van der Waals surface area contributed by atoms with Gasteiger partial charge in [0.1, 0.15) is 11.6 Å². The molecule has 1 aliphatic heterocycles. The van der Waals surface area contributed by atoms with E-state index in [1.165, 1.54) is 17.0 Å². The van der Waals surface area contributed by atoms with Gasteiger partial charge in [-0.3, -0.25) is 0 Å². The molecule has 0 aromatic heterocycles. The summed E-state index contributed by atoms with van der Waals surface area (Å²) in [4.78, 5) is 15.7. The third kappa shape index (κ3) is 3.02. The molecule has 24 heavy (non-hydrogen) atoms. The molecule has 0 saturated carbocycles. The number of urea groups is 1. The number of benzene rings is 2. The lowest BCUT2D eigenvalue weighted by atomic mass is 10.0. The Morgan fingerprint density at radius 1 is 1.12 bits per heavy atom. The number of rotatable bonds is 2. The topological polar surface area (TPSA) is 23.6 Å². The van der Waals surface area contributed by atoms with E-state index in [1.54, 1.807) is 19.0 Å². The van der Waals surface area contributed by atoms with Crippen molar-refractivity contribution in [2.24, 2.45) is 0 Å². The Kier molecular flexibility index (Phi) is 4.34. The van der Waals surface area contributed by atoms with Gasteiger partial charge in [-0.2, -0.15) is 0 Å². The lowest BCUT2D eigenvalue weighted by Crippen LogP contribution is -2.39. The van der Waals surface area contributed by atoms with Crippen LogP contribution in [0.3, 0.4) is 0 Å². The summed E-state index contributed by atoms with van der Waals surface area (Å²) in [6, 6.07) is 12.6. The van der Waals surface area contributed by atoms with Crippen LogP contribution >= 0.6 is 0 Å².